The molecule has 4 aromatic heterocycles. The zero-order valence-electron chi connectivity index (χ0n) is 21.8. The van der Waals surface area contributed by atoms with E-state index in [2.05, 4.69) is 82.0 Å². The van der Waals surface area contributed by atoms with Crippen LogP contribution in [0.5, 0.6) is 0 Å². The van der Waals surface area contributed by atoms with Crippen molar-refractivity contribution in [2.24, 2.45) is 0 Å². The van der Waals surface area contributed by atoms with Gasteiger partial charge in [0.25, 0.3) is 0 Å². The number of rotatable bonds is 4. The fraction of sp³-hybridized carbons (Fsp3) is 0.500. The molecule has 0 atom stereocenters. The Kier molecular flexibility index (Phi) is 6.09. The lowest BCUT2D eigenvalue weighted by atomic mass is 9.85. The number of likely N-dealkylation sites (tertiary alicyclic amines) is 2. The predicted molar refractivity (Wildman–Crippen MR) is 143 cm³/mol. The van der Waals surface area contributed by atoms with Crippen molar-refractivity contribution in [1.29, 1.82) is 0 Å². The van der Waals surface area contributed by atoms with E-state index in [4.69, 9.17) is 10.1 Å². The van der Waals surface area contributed by atoms with Gasteiger partial charge in [-0.05, 0) is 115 Å². The summed E-state index contributed by atoms with van der Waals surface area (Å²) in [5.74, 6) is 0.600. The van der Waals surface area contributed by atoms with Crippen LogP contribution in [0.25, 0.3) is 33.7 Å². The molecule has 2 aliphatic heterocycles. The van der Waals surface area contributed by atoms with Gasteiger partial charge in [-0.3, -0.25) is 9.67 Å². The van der Waals surface area contributed by atoms with Gasteiger partial charge in [0, 0.05) is 29.0 Å². The molecule has 2 aliphatic rings. The number of H-pyrrole nitrogens is 1. The molecule has 0 amide bonds. The highest BCUT2D eigenvalue weighted by Gasteiger charge is 2.24. The van der Waals surface area contributed by atoms with Gasteiger partial charge in [-0.15, -0.1) is 10.2 Å². The van der Waals surface area contributed by atoms with Gasteiger partial charge in [0.1, 0.15) is 11.4 Å². The van der Waals surface area contributed by atoms with Gasteiger partial charge in [-0.1, -0.05) is 0 Å². The number of nitrogens with one attached hydrogen (secondary N) is 1. The molecule has 1 N–H and O–H groups in total. The average Bonchev–Trinajstić information content (AvgIpc) is 3.52. The van der Waals surface area contributed by atoms with Crippen LogP contribution in [0.2, 0.25) is 0 Å². The van der Waals surface area contributed by atoms with Crippen molar-refractivity contribution < 1.29 is 0 Å². The summed E-state index contributed by atoms with van der Waals surface area (Å²) in [6.07, 6.45) is 8.76. The summed E-state index contributed by atoms with van der Waals surface area (Å²) < 4.78 is 2.11. The highest BCUT2D eigenvalue weighted by molar-refractivity contribution is 5.94. The summed E-state index contributed by atoms with van der Waals surface area (Å²) in [5.41, 5.74) is 8.42. The Balaban J connectivity index is 1.31. The van der Waals surface area contributed by atoms with Crippen LogP contribution in [-0.4, -0.2) is 80.0 Å². The van der Waals surface area contributed by atoms with E-state index in [0.717, 1.165) is 78.4 Å². The van der Waals surface area contributed by atoms with Gasteiger partial charge >= 0.3 is 0 Å². The molecule has 2 saturated heterocycles. The monoisotopic (exact) mass is 484 g/mol. The van der Waals surface area contributed by atoms with Crippen molar-refractivity contribution in [3.63, 3.8) is 0 Å². The van der Waals surface area contributed by atoms with Crippen molar-refractivity contribution in [2.75, 3.05) is 40.3 Å². The highest BCUT2D eigenvalue weighted by atomic mass is 15.3. The molecule has 6 rings (SSSR count). The van der Waals surface area contributed by atoms with E-state index in [9.17, 15) is 0 Å². The van der Waals surface area contributed by atoms with Crippen LogP contribution in [0.15, 0.2) is 30.6 Å². The number of aromatic amines is 1. The van der Waals surface area contributed by atoms with Gasteiger partial charge in [0.05, 0.1) is 11.7 Å². The molecule has 0 bridgehead atoms. The molecular formula is C28H36N8. The third-order valence-corrected chi connectivity index (χ3v) is 8.23. The zero-order chi connectivity index (χ0) is 24.8. The van der Waals surface area contributed by atoms with E-state index >= 15 is 0 Å². The maximum absolute atomic E-state index is 5.09. The largest absolute Gasteiger partial charge is 0.344 e. The van der Waals surface area contributed by atoms with E-state index in [1.807, 2.05) is 6.20 Å². The molecule has 0 aliphatic carbocycles. The third-order valence-electron chi connectivity index (χ3n) is 8.23. The highest BCUT2D eigenvalue weighted by Crippen LogP contribution is 2.35. The fourth-order valence-corrected chi connectivity index (χ4v) is 6.09. The Hall–Kier alpha value is -3.10. The molecule has 36 heavy (non-hydrogen) atoms. The summed E-state index contributed by atoms with van der Waals surface area (Å²) in [6, 6.07) is 6.86. The van der Waals surface area contributed by atoms with Crippen molar-refractivity contribution in [1.82, 2.24) is 39.7 Å². The van der Waals surface area contributed by atoms with Crippen molar-refractivity contribution in [3.8, 4) is 22.6 Å². The van der Waals surface area contributed by atoms with Gasteiger partial charge in [-0.2, -0.15) is 5.10 Å². The van der Waals surface area contributed by atoms with E-state index in [0.29, 0.717) is 12.0 Å². The van der Waals surface area contributed by atoms with Gasteiger partial charge in [0.2, 0.25) is 0 Å². The molecule has 188 valence electrons. The van der Waals surface area contributed by atoms with Crippen LogP contribution in [0.1, 0.15) is 54.5 Å². The van der Waals surface area contributed by atoms with E-state index in [1.165, 1.54) is 24.0 Å². The number of aromatic nitrogens is 6. The third kappa shape index (κ3) is 4.33. The smallest absolute Gasteiger partial charge is 0.160 e. The summed E-state index contributed by atoms with van der Waals surface area (Å²) in [7, 11) is 4.40. The number of aryl methyl sites for hydroxylation is 2. The summed E-state index contributed by atoms with van der Waals surface area (Å²) in [4.78, 5) is 13.2. The number of hydrogen-bond donors (Lipinski definition) is 1. The molecule has 8 nitrogen and oxygen atoms in total. The maximum Gasteiger partial charge on any atom is 0.160 e. The van der Waals surface area contributed by atoms with Crippen LogP contribution in [0.4, 0.5) is 0 Å². The minimum absolute atomic E-state index is 0.452. The lowest BCUT2D eigenvalue weighted by Crippen LogP contribution is -2.31. The first-order valence-electron chi connectivity index (χ1n) is 13.2. The van der Waals surface area contributed by atoms with Gasteiger partial charge in [-0.25, -0.2) is 0 Å². The van der Waals surface area contributed by atoms with Crippen molar-refractivity contribution in [3.05, 3.63) is 47.4 Å². The molecule has 0 aromatic carbocycles. The lowest BCUT2D eigenvalue weighted by molar-refractivity contribution is 0.212. The molecule has 8 heteroatoms. The molecule has 0 spiro atoms. The first-order chi connectivity index (χ1) is 17.5. The van der Waals surface area contributed by atoms with Crippen LogP contribution in [0.3, 0.4) is 0 Å². The Labute approximate surface area is 212 Å². The number of hydrogen-bond acceptors (Lipinski definition) is 6. The predicted octanol–water partition coefficient (Wildman–Crippen LogP) is 4.58. The van der Waals surface area contributed by atoms with Crippen molar-refractivity contribution in [2.45, 2.75) is 51.5 Å². The Morgan fingerprint density at radius 2 is 1.58 bits per heavy atom. The molecule has 0 unspecified atom stereocenters. The van der Waals surface area contributed by atoms with Gasteiger partial charge < -0.3 is 14.8 Å². The van der Waals surface area contributed by atoms with E-state index in [1.54, 1.807) is 0 Å². The minimum atomic E-state index is 0.452. The molecule has 0 saturated carbocycles. The fourth-order valence-electron chi connectivity index (χ4n) is 6.09. The second kappa shape index (κ2) is 9.41. The lowest BCUT2D eigenvalue weighted by Gasteiger charge is -2.30. The number of fused-ring (bicyclic) bond motifs is 1. The summed E-state index contributed by atoms with van der Waals surface area (Å²) >= 11 is 0. The number of nitrogens with zero attached hydrogens (tertiary/aromatic N) is 7. The summed E-state index contributed by atoms with van der Waals surface area (Å²) in [5, 5.41) is 14.9. The van der Waals surface area contributed by atoms with Crippen LogP contribution in [0, 0.1) is 13.8 Å². The molecule has 0 radical (unpaired) electrons. The van der Waals surface area contributed by atoms with Crippen LogP contribution >= 0.6 is 0 Å². The minimum Gasteiger partial charge on any atom is -0.344 e. The zero-order valence-corrected chi connectivity index (χ0v) is 21.8. The molecule has 2 fully saturated rings. The van der Waals surface area contributed by atoms with Crippen molar-refractivity contribution >= 4 is 11.0 Å². The Bertz CT molecular complexity index is 1350. The topological polar surface area (TPSA) is 78.8 Å². The first kappa shape index (κ1) is 23.3. The number of pyridine rings is 1. The molecule has 4 aromatic rings. The van der Waals surface area contributed by atoms with E-state index in [-0.39, 0.29) is 0 Å². The van der Waals surface area contributed by atoms with Gasteiger partial charge in [0.15, 0.2) is 5.65 Å². The SMILES string of the molecule is Cc1cc(-c2c[nH]c3nnc(-c4ccn(C5CCN(C)CC5)n4)cc23)nc(C)c1C1CCN(C)CC1. The first-order valence-corrected chi connectivity index (χ1v) is 13.2. The maximum atomic E-state index is 5.09. The second-order valence-electron chi connectivity index (χ2n) is 10.8. The normalized spacial score (nSPS) is 18.9. The standard InChI is InChI=1S/C28H36N8/c1-18-15-25(30-19(2)27(18)20-5-10-34(3)11-6-20)23-17-29-28-22(23)16-26(31-32-28)24-9-14-36(33-24)21-7-12-35(4)13-8-21/h9,14-17,20-21H,5-8,10-13H2,1-4H3,(H,29,32). The molecular weight excluding hydrogens is 448 g/mol. The Morgan fingerprint density at radius 1 is 0.861 bits per heavy atom. The average molecular weight is 485 g/mol. The quantitative estimate of drug-likeness (QED) is 0.457. The summed E-state index contributed by atoms with van der Waals surface area (Å²) in [6.45, 7) is 8.94. The Morgan fingerprint density at radius 3 is 2.31 bits per heavy atom. The molecule has 6 heterocycles. The van der Waals surface area contributed by atoms with Crippen LogP contribution in [-0.2, 0) is 0 Å². The number of piperidine rings is 2. The second-order valence-corrected chi connectivity index (χ2v) is 10.8. The van der Waals surface area contributed by atoms with E-state index < -0.39 is 0 Å². The van der Waals surface area contributed by atoms with Crippen LogP contribution < -0.4 is 0 Å².